The van der Waals surface area contributed by atoms with Crippen LogP contribution < -0.4 is 11.1 Å². The van der Waals surface area contributed by atoms with Crippen LogP contribution in [0, 0.1) is 0 Å². The molecule has 0 aliphatic heterocycles. The molecule has 5 nitrogen and oxygen atoms in total. The van der Waals surface area contributed by atoms with Gasteiger partial charge in [-0.1, -0.05) is 11.6 Å². The molecule has 1 aromatic heterocycles. The van der Waals surface area contributed by atoms with E-state index >= 15 is 0 Å². The molecule has 2 aromatic rings. The highest BCUT2D eigenvalue weighted by Gasteiger charge is 2.12. The topological polar surface area (TPSA) is 72.9 Å². The predicted octanol–water partition coefficient (Wildman–Crippen LogP) is 1.80. The highest BCUT2D eigenvalue weighted by Crippen LogP contribution is 2.21. The van der Waals surface area contributed by atoms with Crippen LogP contribution in [0.25, 0.3) is 11.0 Å². The van der Waals surface area contributed by atoms with Crippen molar-refractivity contribution in [1.82, 2.24) is 14.9 Å². The van der Waals surface area contributed by atoms with Crippen molar-refractivity contribution in [3.63, 3.8) is 0 Å². The van der Waals surface area contributed by atoms with Crippen LogP contribution in [0.1, 0.15) is 13.8 Å². The number of carbonyl (C=O) groups is 1. The molecular weight excluding hydrogens is 252 g/mol. The van der Waals surface area contributed by atoms with Crippen LogP contribution in [0.4, 0.5) is 5.95 Å². The number of carbonyl (C=O) groups excluding carboxylic acids is 1. The minimum absolute atomic E-state index is 0.0917. The fraction of sp³-hybridized carbons (Fsp3) is 0.333. The molecule has 6 heteroatoms. The van der Waals surface area contributed by atoms with Crippen LogP contribution in [0.3, 0.4) is 0 Å². The van der Waals surface area contributed by atoms with Crippen molar-refractivity contribution in [2.24, 2.45) is 0 Å². The number of hydrogen-bond acceptors (Lipinski definition) is 3. The number of benzene rings is 1. The van der Waals surface area contributed by atoms with Gasteiger partial charge in [0.15, 0.2) is 0 Å². The van der Waals surface area contributed by atoms with Crippen molar-refractivity contribution >= 4 is 34.5 Å². The Labute approximate surface area is 110 Å². The van der Waals surface area contributed by atoms with Gasteiger partial charge in [-0.15, -0.1) is 0 Å². The molecule has 1 amide bonds. The number of anilines is 1. The molecule has 96 valence electrons. The van der Waals surface area contributed by atoms with E-state index in [0.29, 0.717) is 16.5 Å². The van der Waals surface area contributed by atoms with Crippen molar-refractivity contribution in [3.05, 3.63) is 23.2 Å². The largest absolute Gasteiger partial charge is 0.369 e. The van der Waals surface area contributed by atoms with Crippen LogP contribution in [0.2, 0.25) is 5.02 Å². The van der Waals surface area contributed by atoms with Crippen molar-refractivity contribution in [2.45, 2.75) is 26.4 Å². The molecule has 0 fully saturated rings. The number of nitrogens with two attached hydrogens (primary N) is 1. The maximum atomic E-state index is 11.7. The third-order valence-corrected chi connectivity index (χ3v) is 2.73. The van der Waals surface area contributed by atoms with Gasteiger partial charge in [0.25, 0.3) is 0 Å². The lowest BCUT2D eigenvalue weighted by molar-refractivity contribution is -0.122. The lowest BCUT2D eigenvalue weighted by Crippen LogP contribution is -2.33. The van der Waals surface area contributed by atoms with Crippen LogP contribution in [-0.4, -0.2) is 21.5 Å². The number of halogens is 1. The first-order valence-corrected chi connectivity index (χ1v) is 6.06. The van der Waals surface area contributed by atoms with E-state index in [-0.39, 0.29) is 18.5 Å². The van der Waals surface area contributed by atoms with Gasteiger partial charge in [0.1, 0.15) is 6.54 Å². The fourth-order valence-electron chi connectivity index (χ4n) is 1.80. The Bertz CT molecular complexity index is 591. The standard InChI is InChI=1S/C12H15ClN4O/c1-7(2)15-11(18)6-17-10-4-3-8(13)5-9(10)16-12(17)14/h3-5,7H,6H2,1-2H3,(H2,14,16)(H,15,18). The van der Waals surface area contributed by atoms with Crippen molar-refractivity contribution in [3.8, 4) is 0 Å². The Hall–Kier alpha value is -1.75. The molecule has 1 aromatic carbocycles. The van der Waals surface area contributed by atoms with Crippen molar-refractivity contribution in [1.29, 1.82) is 0 Å². The van der Waals surface area contributed by atoms with E-state index in [4.69, 9.17) is 17.3 Å². The summed E-state index contributed by atoms with van der Waals surface area (Å²) >= 11 is 5.89. The summed E-state index contributed by atoms with van der Waals surface area (Å²) in [5.74, 6) is 0.220. The van der Waals surface area contributed by atoms with Crippen LogP contribution in [0.5, 0.6) is 0 Å². The first-order valence-electron chi connectivity index (χ1n) is 5.68. The number of aromatic nitrogens is 2. The quantitative estimate of drug-likeness (QED) is 0.890. The summed E-state index contributed by atoms with van der Waals surface area (Å²) in [6.45, 7) is 3.97. The number of hydrogen-bond donors (Lipinski definition) is 2. The number of imidazole rings is 1. The molecule has 0 spiro atoms. The van der Waals surface area contributed by atoms with Gasteiger partial charge >= 0.3 is 0 Å². The number of rotatable bonds is 3. The van der Waals surface area contributed by atoms with E-state index in [9.17, 15) is 4.79 Å². The second-order valence-corrected chi connectivity index (χ2v) is 4.85. The number of nitrogens with one attached hydrogen (secondary N) is 1. The minimum Gasteiger partial charge on any atom is -0.369 e. The van der Waals surface area contributed by atoms with Crippen molar-refractivity contribution < 1.29 is 4.79 Å². The molecule has 18 heavy (non-hydrogen) atoms. The van der Waals surface area contributed by atoms with E-state index in [1.807, 2.05) is 19.9 Å². The van der Waals surface area contributed by atoms with E-state index in [1.165, 1.54) is 0 Å². The second-order valence-electron chi connectivity index (χ2n) is 4.41. The molecule has 0 atom stereocenters. The lowest BCUT2D eigenvalue weighted by Gasteiger charge is -2.10. The number of nitrogens with zero attached hydrogens (tertiary/aromatic N) is 2. The summed E-state index contributed by atoms with van der Waals surface area (Å²) < 4.78 is 1.67. The van der Waals surface area contributed by atoms with Gasteiger partial charge < -0.3 is 15.6 Å². The number of nitrogen functional groups attached to an aromatic ring is 1. The molecule has 2 rings (SSSR count). The summed E-state index contributed by atoms with van der Waals surface area (Å²) in [5, 5.41) is 3.41. The number of amides is 1. The maximum Gasteiger partial charge on any atom is 0.240 e. The predicted molar refractivity (Wildman–Crippen MR) is 72.4 cm³/mol. The summed E-state index contributed by atoms with van der Waals surface area (Å²) in [6, 6.07) is 5.39. The summed E-state index contributed by atoms with van der Waals surface area (Å²) in [5.41, 5.74) is 7.30. The van der Waals surface area contributed by atoms with Gasteiger partial charge in [-0.2, -0.15) is 0 Å². The second kappa shape index (κ2) is 4.86. The average molecular weight is 267 g/mol. The summed E-state index contributed by atoms with van der Waals surface area (Å²) in [7, 11) is 0. The fourth-order valence-corrected chi connectivity index (χ4v) is 1.97. The van der Waals surface area contributed by atoms with E-state index in [0.717, 1.165) is 5.52 Å². The average Bonchev–Trinajstić information content (AvgIpc) is 2.53. The lowest BCUT2D eigenvalue weighted by atomic mass is 10.3. The molecule has 0 bridgehead atoms. The van der Waals surface area contributed by atoms with Gasteiger partial charge in [0.2, 0.25) is 11.9 Å². The first-order chi connectivity index (χ1) is 8.47. The minimum atomic E-state index is -0.0917. The monoisotopic (exact) mass is 266 g/mol. The smallest absolute Gasteiger partial charge is 0.240 e. The molecule has 0 aliphatic rings. The molecule has 0 aliphatic carbocycles. The molecule has 0 radical (unpaired) electrons. The van der Waals surface area contributed by atoms with Gasteiger partial charge in [-0.3, -0.25) is 4.79 Å². The van der Waals surface area contributed by atoms with Crippen LogP contribution in [-0.2, 0) is 11.3 Å². The SMILES string of the molecule is CC(C)NC(=O)Cn1c(N)nc2cc(Cl)ccc21. The van der Waals surface area contributed by atoms with Crippen LogP contribution >= 0.6 is 11.6 Å². The zero-order valence-corrected chi connectivity index (χ0v) is 11.0. The normalized spacial score (nSPS) is 11.1. The molecule has 0 saturated heterocycles. The summed E-state index contributed by atoms with van der Waals surface area (Å²) in [4.78, 5) is 15.9. The number of fused-ring (bicyclic) bond motifs is 1. The van der Waals surface area contributed by atoms with Gasteiger partial charge in [0.05, 0.1) is 11.0 Å². The van der Waals surface area contributed by atoms with Gasteiger partial charge in [0, 0.05) is 11.1 Å². The van der Waals surface area contributed by atoms with E-state index < -0.39 is 0 Å². The first kappa shape index (κ1) is 12.7. The van der Waals surface area contributed by atoms with E-state index in [1.54, 1.807) is 16.7 Å². The third-order valence-electron chi connectivity index (χ3n) is 2.49. The Morgan fingerprint density at radius 2 is 2.28 bits per heavy atom. The van der Waals surface area contributed by atoms with Gasteiger partial charge in [-0.05, 0) is 32.0 Å². The zero-order chi connectivity index (χ0) is 13.3. The molecule has 3 N–H and O–H groups in total. The van der Waals surface area contributed by atoms with Crippen molar-refractivity contribution in [2.75, 3.05) is 5.73 Å². The maximum absolute atomic E-state index is 11.7. The third kappa shape index (κ3) is 2.56. The molecule has 1 heterocycles. The van der Waals surface area contributed by atoms with Gasteiger partial charge in [-0.25, -0.2) is 4.98 Å². The molecular formula is C12H15ClN4O. The Morgan fingerprint density at radius 3 is 2.94 bits per heavy atom. The highest BCUT2D eigenvalue weighted by atomic mass is 35.5. The Morgan fingerprint density at radius 1 is 1.56 bits per heavy atom. The van der Waals surface area contributed by atoms with E-state index in [2.05, 4.69) is 10.3 Å². The summed E-state index contributed by atoms with van der Waals surface area (Å²) in [6.07, 6.45) is 0. The zero-order valence-electron chi connectivity index (χ0n) is 10.3. The Balaban J connectivity index is 2.33. The molecule has 0 unspecified atom stereocenters. The highest BCUT2D eigenvalue weighted by molar-refractivity contribution is 6.31. The molecule has 0 saturated carbocycles. The van der Waals surface area contributed by atoms with Crippen LogP contribution in [0.15, 0.2) is 18.2 Å². The Kier molecular flexibility index (Phi) is 3.43.